The normalized spacial score (nSPS) is 37.9. The smallest absolute Gasteiger partial charge is 0.303 e. The van der Waals surface area contributed by atoms with Gasteiger partial charge in [-0.25, -0.2) is 0 Å². The van der Waals surface area contributed by atoms with Crippen molar-refractivity contribution in [1.29, 1.82) is 0 Å². The van der Waals surface area contributed by atoms with E-state index in [4.69, 9.17) is 47.4 Å². The number of esters is 1. The number of fused-ring (bicyclic) bond motifs is 8. The highest BCUT2D eigenvalue weighted by molar-refractivity contribution is 6.11. The molecule has 2 aromatic carbocycles. The molecule has 2 bridgehead atoms. The zero-order valence-electron chi connectivity index (χ0n) is 28.8. The van der Waals surface area contributed by atoms with Gasteiger partial charge in [0.1, 0.15) is 29.5 Å². The highest BCUT2D eigenvalue weighted by Gasteiger charge is 2.94. The molecule has 0 unspecified atom stereocenters. The quantitative estimate of drug-likeness (QED) is 0.232. The van der Waals surface area contributed by atoms with Crippen molar-refractivity contribution in [1.82, 2.24) is 0 Å². The third kappa shape index (κ3) is 4.00. The van der Waals surface area contributed by atoms with Gasteiger partial charge in [-0.1, -0.05) is 0 Å². The van der Waals surface area contributed by atoms with E-state index in [2.05, 4.69) is 0 Å². The van der Waals surface area contributed by atoms with E-state index in [0.717, 1.165) is 5.56 Å². The molecule has 4 fully saturated rings. The second kappa shape index (κ2) is 11.0. The van der Waals surface area contributed by atoms with Crippen LogP contribution in [0.5, 0.6) is 17.2 Å². The molecule has 15 heteroatoms. The van der Waals surface area contributed by atoms with E-state index in [1.54, 1.807) is 0 Å². The average Bonchev–Trinajstić information content (AvgIpc) is 3.73. The number of phenolic OH excluding ortho intramolecular Hbond substituents is 1. The molecule has 0 aromatic heterocycles. The molecule has 5 aliphatic heterocycles. The molecular weight excluding hydrogens is 660 g/mol. The molecule has 8 rings (SSSR count). The summed E-state index contributed by atoms with van der Waals surface area (Å²) < 4.78 is 62.4. The molecule has 15 nitrogen and oxygen atoms in total. The van der Waals surface area contributed by atoms with Gasteiger partial charge in [0.15, 0.2) is 29.6 Å². The van der Waals surface area contributed by atoms with Gasteiger partial charge in [-0.3, -0.25) is 14.4 Å². The maximum Gasteiger partial charge on any atom is 0.303 e. The van der Waals surface area contributed by atoms with Crippen LogP contribution in [-0.2, 0) is 53.9 Å². The first-order valence-electron chi connectivity index (χ1n) is 16.7. The standard InChI is InChI=1S/C35H40O15/c1-14-11-19-25(26(39)24-18(27(19)41-5)9-8-10-20(24)38)28-23(14)29-30-34(48-28,32(13-44-32)35(49-29,50-30)31(42-6)43-7)47-22-12-21(46-17(4)37)33(40,15(2)36)16(3)45-22/h11,16,21-22,29-31,39-40H,8-10,12-13H2,1-7H3/t16-,21+,22-,29-,30-,32-,33+,34+,35-/m0/s1. The van der Waals surface area contributed by atoms with Gasteiger partial charge in [-0.2, -0.15) is 0 Å². The van der Waals surface area contributed by atoms with Crippen LogP contribution >= 0.6 is 0 Å². The molecule has 4 saturated heterocycles. The predicted octanol–water partition coefficient (Wildman–Crippen LogP) is 2.43. The molecule has 50 heavy (non-hydrogen) atoms. The minimum Gasteiger partial charge on any atom is -0.506 e. The van der Waals surface area contributed by atoms with Gasteiger partial charge < -0.3 is 57.6 Å². The summed E-state index contributed by atoms with van der Waals surface area (Å²) in [6.45, 7) is 5.70. The Morgan fingerprint density at radius 1 is 1.10 bits per heavy atom. The lowest BCUT2D eigenvalue weighted by molar-refractivity contribution is -0.385. The number of ether oxygens (including phenoxy) is 10. The number of hydrogen-bond donors (Lipinski definition) is 2. The van der Waals surface area contributed by atoms with E-state index in [-0.39, 0.29) is 47.7 Å². The van der Waals surface area contributed by atoms with E-state index >= 15 is 0 Å². The number of Topliss-reactive ketones (excluding diaryl/α,β-unsaturated/α-hetero) is 2. The van der Waals surface area contributed by atoms with Crippen LogP contribution in [0.2, 0.25) is 0 Å². The third-order valence-corrected chi connectivity index (χ3v) is 11.3. The monoisotopic (exact) mass is 700 g/mol. The molecule has 0 amide bonds. The number of epoxide rings is 1. The van der Waals surface area contributed by atoms with Crippen molar-refractivity contribution in [2.45, 2.75) is 113 Å². The van der Waals surface area contributed by atoms with Gasteiger partial charge in [0.2, 0.25) is 11.9 Å². The number of ketones is 2. The number of hydrogen-bond acceptors (Lipinski definition) is 15. The van der Waals surface area contributed by atoms with Gasteiger partial charge in [0.05, 0.1) is 30.8 Å². The van der Waals surface area contributed by atoms with Gasteiger partial charge in [0.25, 0.3) is 11.6 Å². The first kappa shape index (κ1) is 33.7. The minimum atomic E-state index is -2.16. The number of methoxy groups -OCH3 is 3. The minimum absolute atomic E-state index is 0.00522. The first-order valence-corrected chi connectivity index (χ1v) is 16.7. The van der Waals surface area contributed by atoms with Crippen LogP contribution in [-0.4, -0.2) is 109 Å². The van der Waals surface area contributed by atoms with Gasteiger partial charge in [-0.05, 0) is 45.2 Å². The summed E-state index contributed by atoms with van der Waals surface area (Å²) in [7, 11) is 4.37. The van der Waals surface area contributed by atoms with E-state index in [0.29, 0.717) is 35.1 Å². The van der Waals surface area contributed by atoms with Crippen LogP contribution in [0.1, 0.15) is 73.2 Å². The van der Waals surface area contributed by atoms with Crippen molar-refractivity contribution in [3.05, 3.63) is 28.3 Å². The summed E-state index contributed by atoms with van der Waals surface area (Å²) in [5, 5.41) is 24.1. The Kier molecular flexibility index (Phi) is 7.45. The van der Waals surface area contributed by atoms with Crippen LogP contribution in [0.3, 0.4) is 0 Å². The summed E-state index contributed by atoms with van der Waals surface area (Å²) in [4.78, 5) is 38.2. The van der Waals surface area contributed by atoms with Crippen molar-refractivity contribution >= 4 is 28.3 Å². The molecule has 1 spiro atoms. The summed E-state index contributed by atoms with van der Waals surface area (Å²) in [6, 6.07) is 1.86. The predicted molar refractivity (Wildman–Crippen MR) is 167 cm³/mol. The van der Waals surface area contributed by atoms with E-state index in [1.165, 1.54) is 42.1 Å². The Morgan fingerprint density at radius 3 is 2.44 bits per heavy atom. The Balaban J connectivity index is 1.33. The topological polar surface area (TPSA) is 187 Å². The van der Waals surface area contributed by atoms with Gasteiger partial charge in [0, 0.05) is 50.5 Å². The first-order chi connectivity index (χ1) is 23.7. The molecule has 9 atom stereocenters. The van der Waals surface area contributed by atoms with Crippen LogP contribution < -0.4 is 9.47 Å². The Bertz CT molecular complexity index is 1830. The number of benzene rings is 2. The second-order valence-corrected chi connectivity index (χ2v) is 13.8. The summed E-state index contributed by atoms with van der Waals surface area (Å²) >= 11 is 0. The van der Waals surface area contributed by atoms with Crippen LogP contribution in [0.4, 0.5) is 0 Å². The molecule has 2 N–H and O–H groups in total. The maximum atomic E-state index is 13.3. The fourth-order valence-electron chi connectivity index (χ4n) is 9.01. The van der Waals surface area contributed by atoms with Crippen molar-refractivity contribution in [2.75, 3.05) is 27.9 Å². The third-order valence-electron chi connectivity index (χ3n) is 11.3. The van der Waals surface area contributed by atoms with E-state index in [9.17, 15) is 24.6 Å². The van der Waals surface area contributed by atoms with Gasteiger partial charge in [-0.15, -0.1) is 0 Å². The van der Waals surface area contributed by atoms with E-state index in [1.807, 2.05) is 13.0 Å². The van der Waals surface area contributed by atoms with Crippen LogP contribution in [0.25, 0.3) is 10.8 Å². The largest absolute Gasteiger partial charge is 0.506 e. The van der Waals surface area contributed by atoms with Crippen molar-refractivity contribution in [2.24, 2.45) is 0 Å². The number of carbonyl (C=O) groups excluding carboxylic acids is 3. The molecule has 6 aliphatic rings. The fourth-order valence-corrected chi connectivity index (χ4v) is 9.01. The van der Waals surface area contributed by atoms with Crippen molar-refractivity contribution in [3.8, 4) is 17.2 Å². The lowest BCUT2D eigenvalue weighted by Crippen LogP contribution is -2.72. The van der Waals surface area contributed by atoms with Crippen molar-refractivity contribution < 1.29 is 72.0 Å². The highest BCUT2D eigenvalue weighted by atomic mass is 16.9. The summed E-state index contributed by atoms with van der Waals surface area (Å²) in [5.74, 6) is -4.83. The summed E-state index contributed by atoms with van der Waals surface area (Å²) in [5.41, 5.74) is -1.64. The SMILES string of the molecule is COc1c2c(c(O)c3c4c(c(C)cc13)[C@@H]1O[C@@]3(C(OC)OC)O[C@@H]1[C@@](O[C@H]1C[C@@H](OC(C)=O)[C@@](O)(C(C)=O)[C@H](C)O1)(O4)[C@@]31CO1)C(=O)CCC2. The Morgan fingerprint density at radius 2 is 1.82 bits per heavy atom. The van der Waals surface area contributed by atoms with Gasteiger partial charge >= 0.3 is 5.97 Å². The number of aryl methyl sites for hydroxylation is 1. The zero-order chi connectivity index (χ0) is 35.7. The Labute approximate surface area is 286 Å². The average molecular weight is 701 g/mol. The molecular formula is C35H40O15. The highest BCUT2D eigenvalue weighted by Crippen LogP contribution is 2.72. The number of phenols is 1. The second-order valence-electron chi connectivity index (χ2n) is 13.8. The lowest BCUT2D eigenvalue weighted by Gasteiger charge is -2.52. The molecule has 1 aliphatic carbocycles. The summed E-state index contributed by atoms with van der Waals surface area (Å²) in [6.07, 6.45) is -5.69. The van der Waals surface area contributed by atoms with Crippen molar-refractivity contribution in [3.63, 3.8) is 0 Å². The number of carbonyl (C=O) groups is 3. The molecule has 270 valence electrons. The molecule has 0 radical (unpaired) electrons. The molecule has 2 aromatic rings. The lowest BCUT2D eigenvalue weighted by atomic mass is 9.78. The number of aliphatic hydroxyl groups is 1. The fraction of sp³-hybridized carbons (Fsp3) is 0.629. The molecule has 5 heterocycles. The van der Waals surface area contributed by atoms with Crippen LogP contribution in [0, 0.1) is 6.92 Å². The van der Waals surface area contributed by atoms with Crippen LogP contribution in [0.15, 0.2) is 6.07 Å². The Hall–Kier alpha value is -3.41. The maximum absolute atomic E-state index is 13.3. The number of rotatable bonds is 8. The zero-order valence-corrected chi connectivity index (χ0v) is 28.8. The number of aromatic hydroxyl groups is 1. The van der Waals surface area contributed by atoms with E-state index < -0.39 is 71.5 Å². The molecule has 0 saturated carbocycles.